The molecule has 1 aromatic carbocycles. The Balaban J connectivity index is 2.50. The highest BCUT2D eigenvalue weighted by Gasteiger charge is 2.16. The van der Waals surface area contributed by atoms with E-state index in [1.54, 1.807) is 45.0 Å². The molecule has 1 rings (SSSR count). The summed E-state index contributed by atoms with van der Waals surface area (Å²) in [5, 5.41) is 8.04. The zero-order chi connectivity index (χ0) is 15.9. The second-order valence-electron chi connectivity index (χ2n) is 5.59. The normalized spacial score (nSPS) is 10.7. The van der Waals surface area contributed by atoms with Crippen LogP contribution in [0.1, 0.15) is 34.1 Å². The van der Waals surface area contributed by atoms with E-state index in [1.807, 2.05) is 6.92 Å². The fourth-order valence-corrected chi connectivity index (χ4v) is 1.47. The zero-order valence-corrected chi connectivity index (χ0v) is 12.9. The maximum atomic E-state index is 11.6. The topological polar surface area (TPSA) is 79.5 Å². The molecule has 0 saturated heterocycles. The van der Waals surface area contributed by atoms with Gasteiger partial charge in [0.1, 0.15) is 5.60 Å². The monoisotopic (exact) mass is 293 g/mol. The lowest BCUT2D eigenvalue weighted by Gasteiger charge is -2.19. The molecule has 116 valence electrons. The average Bonchev–Trinajstić information content (AvgIpc) is 2.36. The summed E-state index contributed by atoms with van der Waals surface area (Å²) < 4.78 is 5.15. The van der Waals surface area contributed by atoms with E-state index in [2.05, 4.69) is 16.0 Å². The number of anilines is 2. The van der Waals surface area contributed by atoms with Crippen LogP contribution in [0.25, 0.3) is 0 Å². The number of benzene rings is 1. The highest BCUT2D eigenvalue weighted by atomic mass is 16.6. The summed E-state index contributed by atoms with van der Waals surface area (Å²) in [5.41, 5.74) is 0.713. The number of ether oxygens (including phenoxy) is 1. The summed E-state index contributed by atoms with van der Waals surface area (Å²) in [6, 6.07) is 6.56. The molecule has 0 unspecified atom stereocenters. The molecule has 1 aromatic rings. The number of nitrogens with one attached hydrogen (secondary N) is 3. The van der Waals surface area contributed by atoms with Crippen LogP contribution in [0.5, 0.6) is 0 Å². The summed E-state index contributed by atoms with van der Waals surface area (Å²) in [7, 11) is 0. The molecule has 0 aliphatic heterocycles. The molecule has 0 radical (unpaired) electrons. The molecule has 0 saturated carbocycles. The fraction of sp³-hybridized carbons (Fsp3) is 0.467. The van der Waals surface area contributed by atoms with Gasteiger partial charge in [-0.3, -0.25) is 5.32 Å². The third kappa shape index (κ3) is 7.20. The van der Waals surface area contributed by atoms with Crippen LogP contribution in [0.2, 0.25) is 0 Å². The van der Waals surface area contributed by atoms with Crippen LogP contribution >= 0.6 is 0 Å². The van der Waals surface area contributed by atoms with Crippen LogP contribution in [0.4, 0.5) is 21.0 Å². The molecule has 0 heterocycles. The number of amides is 3. The summed E-state index contributed by atoms with van der Waals surface area (Å²) in [5.74, 6) is 0. The van der Waals surface area contributed by atoms with Gasteiger partial charge in [-0.15, -0.1) is 0 Å². The largest absolute Gasteiger partial charge is 0.444 e. The Bertz CT molecular complexity index is 478. The van der Waals surface area contributed by atoms with Crippen molar-refractivity contribution in [1.82, 2.24) is 5.32 Å². The van der Waals surface area contributed by atoms with Crippen molar-refractivity contribution in [2.24, 2.45) is 0 Å². The minimum atomic E-state index is -0.539. The van der Waals surface area contributed by atoms with Crippen molar-refractivity contribution < 1.29 is 14.3 Å². The number of carbonyl (C=O) groups is 2. The summed E-state index contributed by atoms with van der Waals surface area (Å²) in [4.78, 5) is 23.1. The molecule has 0 aromatic heterocycles. The van der Waals surface area contributed by atoms with Gasteiger partial charge in [0.05, 0.1) is 0 Å². The standard InChI is InChI=1S/C15H23N3O3/c1-5-10-16-13(19)17-11-6-8-12(9-7-11)18-14(20)21-15(2,3)4/h6-9H,5,10H2,1-4H3,(H,18,20)(H2,16,17,19). The molecular formula is C15H23N3O3. The number of hydrogen-bond donors (Lipinski definition) is 3. The van der Waals surface area contributed by atoms with Gasteiger partial charge in [0.2, 0.25) is 0 Å². The first-order valence-corrected chi connectivity index (χ1v) is 6.95. The van der Waals surface area contributed by atoms with E-state index in [0.717, 1.165) is 6.42 Å². The van der Waals surface area contributed by atoms with Crippen molar-refractivity contribution in [3.63, 3.8) is 0 Å². The lowest BCUT2D eigenvalue weighted by atomic mass is 10.2. The summed E-state index contributed by atoms with van der Waals surface area (Å²) in [6.07, 6.45) is 0.371. The lowest BCUT2D eigenvalue weighted by Crippen LogP contribution is -2.29. The van der Waals surface area contributed by atoms with Crippen LogP contribution in [-0.2, 0) is 4.74 Å². The fourth-order valence-electron chi connectivity index (χ4n) is 1.47. The van der Waals surface area contributed by atoms with Crippen LogP contribution < -0.4 is 16.0 Å². The smallest absolute Gasteiger partial charge is 0.412 e. The minimum absolute atomic E-state index is 0.246. The number of carbonyl (C=O) groups excluding carboxylic acids is 2. The van der Waals surface area contributed by atoms with Crippen molar-refractivity contribution >= 4 is 23.5 Å². The van der Waals surface area contributed by atoms with Gasteiger partial charge in [0.25, 0.3) is 0 Å². The molecule has 0 aliphatic rings. The molecule has 0 aliphatic carbocycles. The molecule has 21 heavy (non-hydrogen) atoms. The molecule has 6 heteroatoms. The molecule has 3 N–H and O–H groups in total. The first kappa shape index (κ1) is 16.8. The molecular weight excluding hydrogens is 270 g/mol. The third-order valence-electron chi connectivity index (χ3n) is 2.32. The first-order valence-electron chi connectivity index (χ1n) is 6.95. The van der Waals surface area contributed by atoms with Gasteiger partial charge in [-0.1, -0.05) is 6.92 Å². The third-order valence-corrected chi connectivity index (χ3v) is 2.32. The Labute approximate surface area is 125 Å². The summed E-state index contributed by atoms with van der Waals surface area (Å²) >= 11 is 0. The van der Waals surface area contributed by atoms with Gasteiger partial charge >= 0.3 is 12.1 Å². The van der Waals surface area contributed by atoms with E-state index in [0.29, 0.717) is 17.9 Å². The van der Waals surface area contributed by atoms with Crippen molar-refractivity contribution in [3.05, 3.63) is 24.3 Å². The second kappa shape index (κ2) is 7.52. The van der Waals surface area contributed by atoms with Crippen molar-refractivity contribution in [3.8, 4) is 0 Å². The molecule has 6 nitrogen and oxygen atoms in total. The molecule has 0 fully saturated rings. The minimum Gasteiger partial charge on any atom is -0.444 e. The highest BCUT2D eigenvalue weighted by molar-refractivity contribution is 5.90. The molecule has 3 amide bonds. The zero-order valence-electron chi connectivity index (χ0n) is 12.9. The van der Waals surface area contributed by atoms with Gasteiger partial charge in [0.15, 0.2) is 0 Å². The van der Waals surface area contributed by atoms with E-state index in [-0.39, 0.29) is 6.03 Å². The number of hydrogen-bond acceptors (Lipinski definition) is 3. The van der Waals surface area contributed by atoms with Crippen molar-refractivity contribution in [2.45, 2.75) is 39.7 Å². The number of urea groups is 1. The quantitative estimate of drug-likeness (QED) is 0.794. The van der Waals surface area contributed by atoms with Crippen LogP contribution in [-0.4, -0.2) is 24.3 Å². The van der Waals surface area contributed by atoms with Gasteiger partial charge < -0.3 is 15.4 Å². The van der Waals surface area contributed by atoms with E-state index in [9.17, 15) is 9.59 Å². The van der Waals surface area contributed by atoms with Crippen molar-refractivity contribution in [1.29, 1.82) is 0 Å². The molecule has 0 spiro atoms. The van der Waals surface area contributed by atoms with Crippen LogP contribution in [0, 0.1) is 0 Å². The van der Waals surface area contributed by atoms with E-state index < -0.39 is 11.7 Å². The first-order chi connectivity index (χ1) is 9.80. The lowest BCUT2D eigenvalue weighted by molar-refractivity contribution is 0.0636. The van der Waals surface area contributed by atoms with Crippen LogP contribution in [0.3, 0.4) is 0 Å². The molecule has 0 bridgehead atoms. The van der Waals surface area contributed by atoms with Gasteiger partial charge in [-0.2, -0.15) is 0 Å². The maximum Gasteiger partial charge on any atom is 0.412 e. The van der Waals surface area contributed by atoms with Gasteiger partial charge in [-0.05, 0) is 51.5 Å². The summed E-state index contributed by atoms with van der Waals surface area (Å²) in [6.45, 7) is 8.01. The maximum absolute atomic E-state index is 11.6. The molecule has 0 atom stereocenters. The predicted octanol–water partition coefficient (Wildman–Crippen LogP) is 3.57. The van der Waals surface area contributed by atoms with Gasteiger partial charge in [-0.25, -0.2) is 9.59 Å². The average molecular weight is 293 g/mol. The van der Waals surface area contributed by atoms with Gasteiger partial charge in [0, 0.05) is 17.9 Å². The van der Waals surface area contributed by atoms with E-state index in [4.69, 9.17) is 4.74 Å². The Hall–Kier alpha value is -2.24. The Morgan fingerprint density at radius 3 is 2.05 bits per heavy atom. The van der Waals surface area contributed by atoms with Crippen molar-refractivity contribution in [2.75, 3.05) is 17.2 Å². The number of rotatable bonds is 4. The highest BCUT2D eigenvalue weighted by Crippen LogP contribution is 2.15. The van der Waals surface area contributed by atoms with E-state index >= 15 is 0 Å². The Morgan fingerprint density at radius 2 is 1.57 bits per heavy atom. The Morgan fingerprint density at radius 1 is 1.05 bits per heavy atom. The predicted molar refractivity (Wildman–Crippen MR) is 83.6 cm³/mol. The Kier molecular flexibility index (Phi) is 6.02. The second-order valence-corrected chi connectivity index (χ2v) is 5.59. The van der Waals surface area contributed by atoms with Crippen LogP contribution in [0.15, 0.2) is 24.3 Å². The van der Waals surface area contributed by atoms with E-state index in [1.165, 1.54) is 0 Å². The SMILES string of the molecule is CCCNC(=O)Nc1ccc(NC(=O)OC(C)(C)C)cc1.